The van der Waals surface area contributed by atoms with Gasteiger partial charge in [0.05, 0.1) is 6.61 Å². The molecule has 5 nitrogen and oxygen atoms in total. The molecule has 1 N–H and O–H groups in total. The van der Waals surface area contributed by atoms with Crippen LogP contribution in [0, 0.1) is 19.3 Å². The van der Waals surface area contributed by atoms with E-state index in [1.165, 1.54) is 12.8 Å². The first-order valence-electron chi connectivity index (χ1n) is 7.14. The third-order valence-corrected chi connectivity index (χ3v) is 3.94. The number of carbonyl (C=O) groups is 1. The number of hydrogen-bond acceptors (Lipinski definition) is 4. The Bertz CT molecular complexity index is 462. The number of carbonyl (C=O) groups excluding carboxylic acids is 1. The lowest BCUT2D eigenvalue weighted by Crippen LogP contribution is -2.39. The zero-order valence-electron chi connectivity index (χ0n) is 12.5. The van der Waals surface area contributed by atoms with Crippen molar-refractivity contribution in [3.63, 3.8) is 0 Å². The van der Waals surface area contributed by atoms with Crippen LogP contribution in [0.1, 0.15) is 47.7 Å². The maximum absolute atomic E-state index is 12.2. The molecule has 20 heavy (non-hydrogen) atoms. The number of rotatable bonds is 5. The number of nitrogens with one attached hydrogen (secondary N) is 1. The molecule has 1 aliphatic carbocycles. The Morgan fingerprint density at radius 1 is 1.35 bits per heavy atom. The molecule has 1 aliphatic rings. The van der Waals surface area contributed by atoms with Crippen molar-refractivity contribution in [2.75, 3.05) is 20.3 Å². The van der Waals surface area contributed by atoms with Crippen molar-refractivity contribution in [1.29, 1.82) is 0 Å². The minimum atomic E-state index is -0.124. The molecule has 1 saturated carbocycles. The van der Waals surface area contributed by atoms with Gasteiger partial charge in [-0.3, -0.25) is 4.79 Å². The summed E-state index contributed by atoms with van der Waals surface area (Å²) in [5.74, 6) is 0.503. The molecule has 0 bridgehead atoms. The van der Waals surface area contributed by atoms with Crippen LogP contribution in [0.4, 0.5) is 0 Å². The first-order valence-corrected chi connectivity index (χ1v) is 7.14. The van der Waals surface area contributed by atoms with E-state index in [1.54, 1.807) is 20.1 Å². The van der Waals surface area contributed by atoms with Crippen LogP contribution < -0.4 is 5.32 Å². The first kappa shape index (κ1) is 14.9. The first-order chi connectivity index (χ1) is 9.54. The Morgan fingerprint density at radius 3 is 2.65 bits per heavy atom. The molecular formula is C15H23N3O2. The van der Waals surface area contributed by atoms with Crippen molar-refractivity contribution in [2.24, 2.45) is 5.41 Å². The van der Waals surface area contributed by atoms with Gasteiger partial charge < -0.3 is 10.1 Å². The Kier molecular flexibility index (Phi) is 4.70. The van der Waals surface area contributed by atoms with E-state index in [4.69, 9.17) is 4.74 Å². The van der Waals surface area contributed by atoms with Crippen molar-refractivity contribution < 1.29 is 9.53 Å². The largest absolute Gasteiger partial charge is 0.384 e. The van der Waals surface area contributed by atoms with Crippen LogP contribution >= 0.6 is 0 Å². The van der Waals surface area contributed by atoms with Crippen LogP contribution in [0.3, 0.4) is 0 Å². The minimum absolute atomic E-state index is 0.0987. The van der Waals surface area contributed by atoms with Crippen molar-refractivity contribution in [3.8, 4) is 0 Å². The molecule has 0 unspecified atom stereocenters. The molecule has 1 aromatic rings. The number of methoxy groups -OCH3 is 1. The highest BCUT2D eigenvalue weighted by Gasteiger charge is 2.34. The van der Waals surface area contributed by atoms with E-state index < -0.39 is 0 Å². The molecule has 2 rings (SSSR count). The molecule has 0 saturated heterocycles. The molecule has 1 amide bonds. The number of hydrogen-bond donors (Lipinski definition) is 1. The van der Waals surface area contributed by atoms with Gasteiger partial charge in [0.1, 0.15) is 11.5 Å². The number of ether oxygens (including phenoxy) is 1. The molecule has 0 aromatic carbocycles. The van der Waals surface area contributed by atoms with Gasteiger partial charge in [-0.1, -0.05) is 12.8 Å². The van der Waals surface area contributed by atoms with Crippen molar-refractivity contribution in [2.45, 2.75) is 39.5 Å². The molecule has 0 aliphatic heterocycles. The molecule has 1 aromatic heterocycles. The lowest BCUT2D eigenvalue weighted by atomic mass is 9.87. The predicted octanol–water partition coefficient (Wildman–Crippen LogP) is 2.03. The Labute approximate surface area is 120 Å². The van der Waals surface area contributed by atoms with E-state index in [-0.39, 0.29) is 11.3 Å². The van der Waals surface area contributed by atoms with Crippen LogP contribution in [0.25, 0.3) is 0 Å². The smallest absolute Gasteiger partial charge is 0.270 e. The van der Waals surface area contributed by atoms with Gasteiger partial charge in [-0.25, -0.2) is 9.97 Å². The summed E-state index contributed by atoms with van der Waals surface area (Å²) in [7, 11) is 1.72. The second kappa shape index (κ2) is 6.31. The van der Waals surface area contributed by atoms with Crippen molar-refractivity contribution >= 4 is 5.91 Å². The van der Waals surface area contributed by atoms with Gasteiger partial charge in [0.25, 0.3) is 5.91 Å². The van der Waals surface area contributed by atoms with Gasteiger partial charge in [-0.2, -0.15) is 0 Å². The quantitative estimate of drug-likeness (QED) is 0.894. The lowest BCUT2D eigenvalue weighted by Gasteiger charge is -2.28. The summed E-state index contributed by atoms with van der Waals surface area (Å²) in [6.07, 6.45) is 4.65. The summed E-state index contributed by atoms with van der Waals surface area (Å²) in [4.78, 5) is 20.6. The molecule has 1 heterocycles. The molecule has 0 atom stereocenters. The molecular weight excluding hydrogens is 254 g/mol. The highest BCUT2D eigenvalue weighted by Crippen LogP contribution is 2.37. The third kappa shape index (κ3) is 3.54. The van der Waals surface area contributed by atoms with Crippen LogP contribution in [0.15, 0.2) is 6.07 Å². The summed E-state index contributed by atoms with van der Waals surface area (Å²) < 4.78 is 5.33. The number of aryl methyl sites for hydroxylation is 2. The maximum atomic E-state index is 12.2. The zero-order chi connectivity index (χ0) is 14.6. The fourth-order valence-corrected chi connectivity index (χ4v) is 2.99. The van der Waals surface area contributed by atoms with E-state index in [9.17, 15) is 4.79 Å². The average Bonchev–Trinajstić information content (AvgIpc) is 2.84. The lowest BCUT2D eigenvalue weighted by molar-refractivity contribution is 0.0738. The van der Waals surface area contributed by atoms with E-state index in [0.717, 1.165) is 18.5 Å². The summed E-state index contributed by atoms with van der Waals surface area (Å²) >= 11 is 0. The second-order valence-corrected chi connectivity index (χ2v) is 5.76. The minimum Gasteiger partial charge on any atom is -0.384 e. The summed E-state index contributed by atoms with van der Waals surface area (Å²) in [5, 5.41) is 3.01. The number of aromatic nitrogens is 2. The Hall–Kier alpha value is -1.49. The summed E-state index contributed by atoms with van der Waals surface area (Å²) in [6.45, 7) is 5.03. The molecule has 1 fully saturated rings. The van der Waals surface area contributed by atoms with Crippen molar-refractivity contribution in [1.82, 2.24) is 15.3 Å². The topological polar surface area (TPSA) is 64.1 Å². The SMILES string of the molecule is COCC1(CNC(=O)c2cc(C)nc(C)n2)CCCC1. The van der Waals surface area contributed by atoms with Gasteiger partial charge in [0.2, 0.25) is 0 Å². The van der Waals surface area contributed by atoms with Crippen LogP contribution in [-0.4, -0.2) is 36.1 Å². The van der Waals surface area contributed by atoms with E-state index >= 15 is 0 Å². The van der Waals surface area contributed by atoms with Gasteiger partial charge in [-0.15, -0.1) is 0 Å². The maximum Gasteiger partial charge on any atom is 0.270 e. The molecule has 5 heteroatoms. The zero-order valence-corrected chi connectivity index (χ0v) is 12.5. The van der Waals surface area contributed by atoms with E-state index in [0.29, 0.717) is 24.7 Å². The fraction of sp³-hybridized carbons (Fsp3) is 0.667. The second-order valence-electron chi connectivity index (χ2n) is 5.76. The molecule has 0 spiro atoms. The normalized spacial score (nSPS) is 17.1. The Balaban J connectivity index is 2.00. The standard InChI is InChI=1S/C15H23N3O2/c1-11-8-13(18-12(2)17-11)14(19)16-9-15(10-20-3)6-4-5-7-15/h8H,4-7,9-10H2,1-3H3,(H,16,19). The predicted molar refractivity (Wildman–Crippen MR) is 76.6 cm³/mol. The van der Waals surface area contributed by atoms with E-state index in [1.807, 2.05) is 6.92 Å². The van der Waals surface area contributed by atoms with Gasteiger partial charge in [-0.05, 0) is 32.8 Å². The average molecular weight is 277 g/mol. The van der Waals surface area contributed by atoms with Gasteiger partial charge in [0.15, 0.2) is 0 Å². The van der Waals surface area contributed by atoms with Gasteiger partial charge in [0, 0.05) is 24.8 Å². The fourth-order valence-electron chi connectivity index (χ4n) is 2.99. The Morgan fingerprint density at radius 2 is 2.05 bits per heavy atom. The van der Waals surface area contributed by atoms with Crippen LogP contribution in [0.5, 0.6) is 0 Å². The number of amides is 1. The third-order valence-electron chi connectivity index (χ3n) is 3.94. The van der Waals surface area contributed by atoms with Crippen molar-refractivity contribution in [3.05, 3.63) is 23.3 Å². The van der Waals surface area contributed by atoms with Crippen LogP contribution in [-0.2, 0) is 4.74 Å². The molecule has 0 radical (unpaired) electrons. The van der Waals surface area contributed by atoms with Gasteiger partial charge >= 0.3 is 0 Å². The monoisotopic (exact) mass is 277 g/mol. The highest BCUT2D eigenvalue weighted by atomic mass is 16.5. The molecule has 110 valence electrons. The summed E-state index contributed by atoms with van der Waals surface area (Å²) in [6, 6.07) is 1.72. The summed E-state index contributed by atoms with van der Waals surface area (Å²) in [5.41, 5.74) is 1.36. The van der Waals surface area contributed by atoms with E-state index in [2.05, 4.69) is 15.3 Å². The number of nitrogens with zero attached hydrogens (tertiary/aromatic N) is 2. The van der Waals surface area contributed by atoms with Crippen LogP contribution in [0.2, 0.25) is 0 Å². The highest BCUT2D eigenvalue weighted by molar-refractivity contribution is 5.92.